The summed E-state index contributed by atoms with van der Waals surface area (Å²) in [6, 6.07) is 8.20. The largest absolute Gasteiger partial charge is 0.490 e. The van der Waals surface area contributed by atoms with E-state index in [0.29, 0.717) is 5.95 Å². The molecule has 0 bridgehead atoms. The zero-order valence-corrected chi connectivity index (χ0v) is 13.6. The molecule has 4 rings (SSSR count). The van der Waals surface area contributed by atoms with Crippen molar-refractivity contribution in [2.45, 2.75) is 18.9 Å². The lowest BCUT2D eigenvalue weighted by molar-refractivity contribution is 0.0277. The quantitative estimate of drug-likeness (QED) is 0.851. The Labute approximate surface area is 141 Å². The van der Waals surface area contributed by atoms with E-state index in [-0.39, 0.29) is 6.10 Å². The average molecular weight is 326 g/mol. The van der Waals surface area contributed by atoms with Gasteiger partial charge in [0.25, 0.3) is 0 Å². The molecule has 6 heteroatoms. The van der Waals surface area contributed by atoms with Crippen molar-refractivity contribution in [2.24, 2.45) is 5.92 Å². The standard InChI is InChI=1S/C18H22N4O2/c1-2-13(1)12-24-16-9-20-18(21-10-16)22-15-5-3-14(4-6-15)17-11-19-7-8-23-17/h3-6,9-10,13,17,19H,1-2,7-8,11-12H2,(H,20,21,22). The molecule has 1 saturated heterocycles. The molecule has 2 N–H and O–H groups in total. The van der Waals surface area contributed by atoms with Crippen molar-refractivity contribution in [3.8, 4) is 5.75 Å². The van der Waals surface area contributed by atoms with Crippen LogP contribution in [0.2, 0.25) is 0 Å². The third kappa shape index (κ3) is 4.01. The summed E-state index contributed by atoms with van der Waals surface area (Å²) in [6.07, 6.45) is 6.12. The lowest BCUT2D eigenvalue weighted by atomic mass is 10.1. The van der Waals surface area contributed by atoms with Crippen LogP contribution in [-0.4, -0.2) is 36.3 Å². The molecule has 2 fully saturated rings. The van der Waals surface area contributed by atoms with Crippen LogP contribution in [0.4, 0.5) is 11.6 Å². The van der Waals surface area contributed by atoms with Crippen LogP contribution >= 0.6 is 0 Å². The highest BCUT2D eigenvalue weighted by molar-refractivity contribution is 5.53. The summed E-state index contributed by atoms with van der Waals surface area (Å²) in [5, 5.41) is 6.55. The number of anilines is 2. The smallest absolute Gasteiger partial charge is 0.227 e. The second-order valence-electron chi connectivity index (χ2n) is 6.31. The van der Waals surface area contributed by atoms with Crippen molar-refractivity contribution < 1.29 is 9.47 Å². The van der Waals surface area contributed by atoms with E-state index >= 15 is 0 Å². The third-order valence-electron chi connectivity index (χ3n) is 4.28. The van der Waals surface area contributed by atoms with E-state index in [1.54, 1.807) is 12.4 Å². The average Bonchev–Trinajstić information content (AvgIpc) is 3.47. The van der Waals surface area contributed by atoms with Crippen molar-refractivity contribution in [3.63, 3.8) is 0 Å². The first-order valence-corrected chi connectivity index (χ1v) is 8.51. The van der Waals surface area contributed by atoms with Crippen LogP contribution in [0.5, 0.6) is 5.75 Å². The van der Waals surface area contributed by atoms with E-state index in [1.807, 2.05) is 12.1 Å². The maximum atomic E-state index is 5.76. The van der Waals surface area contributed by atoms with Crippen LogP contribution in [0.25, 0.3) is 0 Å². The molecule has 126 valence electrons. The third-order valence-corrected chi connectivity index (χ3v) is 4.28. The van der Waals surface area contributed by atoms with Crippen molar-refractivity contribution in [2.75, 3.05) is 31.6 Å². The zero-order chi connectivity index (χ0) is 16.2. The maximum Gasteiger partial charge on any atom is 0.227 e. The Bertz CT molecular complexity index is 650. The molecule has 1 aromatic heterocycles. The molecule has 0 spiro atoms. The van der Waals surface area contributed by atoms with Gasteiger partial charge in [0, 0.05) is 18.8 Å². The Morgan fingerprint density at radius 2 is 1.96 bits per heavy atom. The Morgan fingerprint density at radius 1 is 1.17 bits per heavy atom. The minimum absolute atomic E-state index is 0.131. The van der Waals surface area contributed by atoms with E-state index in [0.717, 1.165) is 43.7 Å². The second kappa shape index (κ2) is 7.15. The van der Waals surface area contributed by atoms with Gasteiger partial charge in [0.15, 0.2) is 5.75 Å². The van der Waals surface area contributed by atoms with E-state index in [2.05, 4.69) is 32.7 Å². The highest BCUT2D eigenvalue weighted by Crippen LogP contribution is 2.29. The summed E-state index contributed by atoms with van der Waals surface area (Å²) in [5.74, 6) is 2.02. The monoisotopic (exact) mass is 326 g/mol. The normalized spacial score (nSPS) is 20.6. The van der Waals surface area contributed by atoms with E-state index < -0.39 is 0 Å². The Kier molecular flexibility index (Phi) is 4.57. The number of morpholine rings is 1. The van der Waals surface area contributed by atoms with Gasteiger partial charge >= 0.3 is 0 Å². The van der Waals surface area contributed by atoms with Gasteiger partial charge in [0.1, 0.15) is 0 Å². The summed E-state index contributed by atoms with van der Waals surface area (Å²) in [7, 11) is 0. The van der Waals surface area contributed by atoms with Gasteiger partial charge in [-0.1, -0.05) is 12.1 Å². The molecular formula is C18H22N4O2. The first-order valence-electron chi connectivity index (χ1n) is 8.51. The first kappa shape index (κ1) is 15.4. The zero-order valence-electron chi connectivity index (χ0n) is 13.6. The predicted octanol–water partition coefficient (Wildman–Crippen LogP) is 2.67. The van der Waals surface area contributed by atoms with Gasteiger partial charge in [0.05, 0.1) is 31.7 Å². The van der Waals surface area contributed by atoms with Crippen LogP contribution in [0.15, 0.2) is 36.7 Å². The van der Waals surface area contributed by atoms with Crippen LogP contribution < -0.4 is 15.4 Å². The summed E-state index contributed by atoms with van der Waals surface area (Å²) < 4.78 is 11.4. The molecule has 1 aliphatic heterocycles. The molecule has 2 aliphatic rings. The number of benzene rings is 1. The molecule has 1 saturated carbocycles. The molecule has 0 amide bonds. The maximum absolute atomic E-state index is 5.76. The number of hydrogen-bond acceptors (Lipinski definition) is 6. The van der Waals surface area contributed by atoms with Gasteiger partial charge in [-0.3, -0.25) is 0 Å². The number of aromatic nitrogens is 2. The molecule has 1 atom stereocenters. The summed E-state index contributed by atoms with van der Waals surface area (Å²) in [6.45, 7) is 3.31. The van der Waals surface area contributed by atoms with Crippen molar-refractivity contribution in [1.29, 1.82) is 0 Å². The lowest BCUT2D eigenvalue weighted by Crippen LogP contribution is -2.33. The second-order valence-corrected chi connectivity index (χ2v) is 6.31. The van der Waals surface area contributed by atoms with Crippen LogP contribution in [0, 0.1) is 5.92 Å². The SMILES string of the molecule is c1cc(C2CNCCO2)ccc1Nc1ncc(OCC2CC2)cn1. The molecule has 1 unspecified atom stereocenters. The van der Waals surface area contributed by atoms with Crippen molar-refractivity contribution >= 4 is 11.6 Å². The number of nitrogens with zero attached hydrogens (tertiary/aromatic N) is 2. The van der Waals surface area contributed by atoms with Gasteiger partial charge < -0.3 is 20.1 Å². The topological polar surface area (TPSA) is 68.3 Å². The Hall–Kier alpha value is -2.18. The highest BCUT2D eigenvalue weighted by atomic mass is 16.5. The van der Waals surface area contributed by atoms with Crippen molar-refractivity contribution in [1.82, 2.24) is 15.3 Å². The molecule has 1 aromatic carbocycles. The number of rotatable bonds is 6. The molecule has 0 radical (unpaired) electrons. The number of ether oxygens (including phenoxy) is 2. The molecule has 24 heavy (non-hydrogen) atoms. The Morgan fingerprint density at radius 3 is 2.62 bits per heavy atom. The molecule has 2 heterocycles. The van der Waals surface area contributed by atoms with Gasteiger partial charge in [-0.15, -0.1) is 0 Å². The van der Waals surface area contributed by atoms with E-state index in [1.165, 1.54) is 18.4 Å². The minimum atomic E-state index is 0.131. The lowest BCUT2D eigenvalue weighted by Gasteiger charge is -2.24. The van der Waals surface area contributed by atoms with Gasteiger partial charge in [-0.2, -0.15) is 0 Å². The molecule has 6 nitrogen and oxygen atoms in total. The fourth-order valence-corrected chi connectivity index (χ4v) is 2.64. The van der Waals surface area contributed by atoms with Crippen LogP contribution in [0.3, 0.4) is 0 Å². The first-order chi connectivity index (χ1) is 11.9. The fourth-order valence-electron chi connectivity index (χ4n) is 2.64. The van der Waals surface area contributed by atoms with E-state index in [4.69, 9.17) is 9.47 Å². The van der Waals surface area contributed by atoms with E-state index in [9.17, 15) is 0 Å². The molecular weight excluding hydrogens is 304 g/mol. The number of nitrogens with one attached hydrogen (secondary N) is 2. The van der Waals surface area contributed by atoms with Crippen molar-refractivity contribution in [3.05, 3.63) is 42.2 Å². The van der Waals surface area contributed by atoms with Crippen LogP contribution in [-0.2, 0) is 4.74 Å². The Balaban J connectivity index is 1.34. The number of hydrogen-bond donors (Lipinski definition) is 2. The molecule has 1 aliphatic carbocycles. The minimum Gasteiger partial charge on any atom is -0.490 e. The summed E-state index contributed by atoms with van der Waals surface area (Å²) in [4.78, 5) is 8.61. The summed E-state index contributed by atoms with van der Waals surface area (Å²) in [5.41, 5.74) is 2.13. The molecule has 2 aromatic rings. The van der Waals surface area contributed by atoms with Gasteiger partial charge in [-0.05, 0) is 36.5 Å². The summed E-state index contributed by atoms with van der Waals surface area (Å²) >= 11 is 0. The van der Waals surface area contributed by atoms with Gasteiger partial charge in [0.2, 0.25) is 5.95 Å². The predicted molar refractivity (Wildman–Crippen MR) is 91.5 cm³/mol. The van der Waals surface area contributed by atoms with Crippen LogP contribution in [0.1, 0.15) is 24.5 Å². The van der Waals surface area contributed by atoms with Gasteiger partial charge in [-0.25, -0.2) is 9.97 Å². The fraction of sp³-hybridized carbons (Fsp3) is 0.444. The highest BCUT2D eigenvalue weighted by Gasteiger charge is 2.22.